The summed E-state index contributed by atoms with van der Waals surface area (Å²) in [6.45, 7) is 2.04. The minimum Gasteiger partial charge on any atom is -0.267 e. The Morgan fingerprint density at radius 3 is 2.21 bits per heavy atom. The average Bonchev–Trinajstić information content (AvgIpc) is 2.80. The zero-order valence-electron chi connectivity index (χ0n) is 18.0. The summed E-state index contributed by atoms with van der Waals surface area (Å²) in [6.07, 6.45) is 1.38. The van der Waals surface area contributed by atoms with Gasteiger partial charge in [0, 0.05) is 31.3 Å². The lowest BCUT2D eigenvalue weighted by Gasteiger charge is -2.17. The van der Waals surface area contributed by atoms with E-state index >= 15 is 0 Å². The summed E-state index contributed by atoms with van der Waals surface area (Å²) in [5.41, 5.74) is 4.99. The molecule has 0 bridgehead atoms. The molecule has 0 saturated carbocycles. The SMILES string of the molecule is Cc1ccc(S(=O)(=O)N(C)Cc2ccc(C(=O)N/N=C\c3ccc([N+](=O)[O-])cc3)cc2)cc1. The summed E-state index contributed by atoms with van der Waals surface area (Å²) in [4.78, 5) is 22.6. The number of aryl methyl sites for hydroxylation is 1. The van der Waals surface area contributed by atoms with Crippen molar-refractivity contribution in [2.45, 2.75) is 18.4 Å². The number of non-ortho nitro benzene ring substituents is 1. The molecule has 0 radical (unpaired) electrons. The largest absolute Gasteiger partial charge is 0.271 e. The smallest absolute Gasteiger partial charge is 0.267 e. The molecule has 33 heavy (non-hydrogen) atoms. The van der Waals surface area contributed by atoms with Gasteiger partial charge in [0.05, 0.1) is 16.0 Å². The van der Waals surface area contributed by atoms with Crippen molar-refractivity contribution in [3.05, 3.63) is 105 Å². The first-order valence-electron chi connectivity index (χ1n) is 9.86. The minimum absolute atomic E-state index is 0.0337. The molecular formula is C23H22N4O5S. The number of carbonyl (C=O) groups excluding carboxylic acids is 1. The van der Waals surface area contributed by atoms with E-state index in [0.29, 0.717) is 11.1 Å². The molecule has 0 unspecified atom stereocenters. The van der Waals surface area contributed by atoms with Crippen molar-refractivity contribution in [1.29, 1.82) is 0 Å². The molecule has 1 amide bonds. The normalized spacial score (nSPS) is 11.6. The van der Waals surface area contributed by atoms with Gasteiger partial charge in [-0.05, 0) is 54.4 Å². The number of benzene rings is 3. The second kappa shape index (κ2) is 10.2. The van der Waals surface area contributed by atoms with E-state index in [0.717, 1.165) is 11.1 Å². The Labute approximate surface area is 191 Å². The van der Waals surface area contributed by atoms with E-state index < -0.39 is 20.9 Å². The van der Waals surface area contributed by atoms with Gasteiger partial charge in [-0.3, -0.25) is 14.9 Å². The fraction of sp³-hybridized carbons (Fsp3) is 0.130. The molecule has 0 atom stereocenters. The first-order valence-corrected chi connectivity index (χ1v) is 11.3. The minimum atomic E-state index is -3.63. The van der Waals surface area contributed by atoms with Crippen LogP contribution in [0.3, 0.4) is 0 Å². The van der Waals surface area contributed by atoms with Crippen molar-refractivity contribution in [1.82, 2.24) is 9.73 Å². The van der Waals surface area contributed by atoms with Gasteiger partial charge >= 0.3 is 0 Å². The van der Waals surface area contributed by atoms with E-state index in [1.807, 2.05) is 6.92 Å². The lowest BCUT2D eigenvalue weighted by atomic mass is 10.1. The van der Waals surface area contributed by atoms with Gasteiger partial charge in [-0.25, -0.2) is 13.8 Å². The third-order valence-corrected chi connectivity index (χ3v) is 6.65. The van der Waals surface area contributed by atoms with Crippen molar-refractivity contribution >= 4 is 27.8 Å². The number of hydrogen-bond donors (Lipinski definition) is 1. The van der Waals surface area contributed by atoms with Crippen LogP contribution >= 0.6 is 0 Å². The molecule has 0 heterocycles. The third-order valence-electron chi connectivity index (χ3n) is 4.83. The third kappa shape index (κ3) is 6.09. The molecule has 1 N–H and O–H groups in total. The number of rotatable bonds is 8. The Morgan fingerprint density at radius 1 is 1.03 bits per heavy atom. The molecule has 10 heteroatoms. The molecule has 0 saturated heterocycles. The van der Waals surface area contributed by atoms with E-state index in [9.17, 15) is 23.3 Å². The number of nitrogens with zero attached hydrogens (tertiary/aromatic N) is 3. The van der Waals surface area contributed by atoms with Crippen molar-refractivity contribution in [2.75, 3.05) is 7.05 Å². The van der Waals surface area contributed by atoms with Gasteiger partial charge in [0.25, 0.3) is 11.6 Å². The predicted octanol–water partition coefficient (Wildman–Crippen LogP) is 3.49. The highest BCUT2D eigenvalue weighted by Crippen LogP contribution is 2.18. The zero-order valence-corrected chi connectivity index (χ0v) is 18.8. The van der Waals surface area contributed by atoms with Crippen LogP contribution in [-0.2, 0) is 16.6 Å². The van der Waals surface area contributed by atoms with E-state index in [4.69, 9.17) is 0 Å². The van der Waals surface area contributed by atoms with Crippen LogP contribution in [0.2, 0.25) is 0 Å². The van der Waals surface area contributed by atoms with Crippen LogP contribution in [0.15, 0.2) is 82.8 Å². The highest BCUT2D eigenvalue weighted by Gasteiger charge is 2.20. The highest BCUT2D eigenvalue weighted by atomic mass is 32.2. The predicted molar refractivity (Wildman–Crippen MR) is 124 cm³/mol. The van der Waals surface area contributed by atoms with Crippen molar-refractivity contribution in [3.63, 3.8) is 0 Å². The van der Waals surface area contributed by atoms with Crippen LogP contribution in [0.4, 0.5) is 5.69 Å². The van der Waals surface area contributed by atoms with E-state index in [-0.39, 0.29) is 17.1 Å². The summed E-state index contributed by atoms with van der Waals surface area (Å²) in [6, 6.07) is 18.9. The van der Waals surface area contributed by atoms with Crippen LogP contribution in [0, 0.1) is 17.0 Å². The number of sulfonamides is 1. The quantitative estimate of drug-likeness (QED) is 0.309. The van der Waals surface area contributed by atoms with E-state index in [1.54, 1.807) is 48.5 Å². The van der Waals surface area contributed by atoms with Gasteiger partial charge in [-0.15, -0.1) is 0 Å². The molecule has 170 valence electrons. The fourth-order valence-corrected chi connectivity index (χ4v) is 4.06. The second-order valence-electron chi connectivity index (χ2n) is 7.32. The number of nitrogens with one attached hydrogen (secondary N) is 1. The topological polar surface area (TPSA) is 122 Å². The molecular weight excluding hydrogens is 444 g/mol. The summed E-state index contributed by atoms with van der Waals surface area (Å²) in [5.74, 6) is -0.444. The van der Waals surface area contributed by atoms with Gasteiger partial charge in [-0.2, -0.15) is 9.41 Å². The molecule has 0 spiro atoms. The average molecular weight is 467 g/mol. The Balaban J connectivity index is 1.59. The van der Waals surface area contributed by atoms with Gasteiger partial charge in [-0.1, -0.05) is 29.8 Å². The fourth-order valence-electron chi connectivity index (χ4n) is 2.91. The van der Waals surface area contributed by atoms with Gasteiger partial charge in [0.15, 0.2) is 0 Å². The molecule has 0 fully saturated rings. The van der Waals surface area contributed by atoms with Crippen molar-refractivity contribution < 1.29 is 18.1 Å². The van der Waals surface area contributed by atoms with Crippen LogP contribution < -0.4 is 5.43 Å². The molecule has 3 aromatic rings. The highest BCUT2D eigenvalue weighted by molar-refractivity contribution is 7.89. The lowest BCUT2D eigenvalue weighted by Crippen LogP contribution is -2.26. The Morgan fingerprint density at radius 2 is 1.64 bits per heavy atom. The van der Waals surface area contributed by atoms with E-state index in [2.05, 4.69) is 10.5 Å². The Bertz CT molecular complexity index is 1270. The molecule has 0 aliphatic rings. The number of carbonyl (C=O) groups is 1. The molecule has 3 rings (SSSR count). The number of hydrogen-bond acceptors (Lipinski definition) is 6. The van der Waals surface area contributed by atoms with Crippen LogP contribution in [-0.4, -0.2) is 36.8 Å². The Kier molecular flexibility index (Phi) is 7.31. The summed E-state index contributed by atoms with van der Waals surface area (Å²) >= 11 is 0. The maximum atomic E-state index is 12.7. The van der Waals surface area contributed by atoms with Crippen LogP contribution in [0.5, 0.6) is 0 Å². The second-order valence-corrected chi connectivity index (χ2v) is 9.36. The maximum Gasteiger partial charge on any atom is 0.271 e. The summed E-state index contributed by atoms with van der Waals surface area (Å²) in [5, 5.41) is 14.5. The number of hydrazone groups is 1. The van der Waals surface area contributed by atoms with Gasteiger partial charge in [0.1, 0.15) is 0 Å². The Hall–Kier alpha value is -3.89. The first kappa shape index (κ1) is 23.8. The van der Waals surface area contributed by atoms with Gasteiger partial charge in [0.2, 0.25) is 10.0 Å². The standard InChI is InChI=1S/C23H22N4O5S/c1-17-3-13-22(14-4-17)33(31,32)26(2)16-19-5-9-20(10-6-19)23(28)25-24-15-18-7-11-21(12-8-18)27(29)30/h3-15H,16H2,1-2H3,(H,25,28)/b24-15-. The summed E-state index contributed by atoms with van der Waals surface area (Å²) in [7, 11) is -2.13. The van der Waals surface area contributed by atoms with Crippen LogP contribution in [0.1, 0.15) is 27.0 Å². The van der Waals surface area contributed by atoms with Crippen LogP contribution in [0.25, 0.3) is 0 Å². The van der Waals surface area contributed by atoms with Crippen molar-refractivity contribution in [3.8, 4) is 0 Å². The summed E-state index contributed by atoms with van der Waals surface area (Å²) < 4.78 is 26.7. The van der Waals surface area contributed by atoms with Crippen molar-refractivity contribution in [2.24, 2.45) is 5.10 Å². The lowest BCUT2D eigenvalue weighted by molar-refractivity contribution is -0.384. The zero-order chi connectivity index (χ0) is 24.0. The number of amides is 1. The molecule has 9 nitrogen and oxygen atoms in total. The molecule has 0 aromatic heterocycles. The molecule has 3 aromatic carbocycles. The first-order chi connectivity index (χ1) is 15.7. The van der Waals surface area contributed by atoms with E-state index in [1.165, 1.54) is 41.8 Å². The number of nitro groups is 1. The number of nitro benzene ring substituents is 1. The molecule has 0 aliphatic heterocycles. The monoisotopic (exact) mass is 466 g/mol. The maximum absolute atomic E-state index is 12.7. The van der Waals surface area contributed by atoms with Gasteiger partial charge < -0.3 is 0 Å². The molecule has 0 aliphatic carbocycles.